The van der Waals surface area contributed by atoms with Gasteiger partial charge in [0.2, 0.25) is 5.91 Å². The number of halogens is 6. The molecule has 1 amide bonds. The lowest BCUT2D eigenvalue weighted by molar-refractivity contribution is -0.193. The highest BCUT2D eigenvalue weighted by Gasteiger charge is 2.39. The Kier molecular flexibility index (Phi) is 14.5. The van der Waals surface area contributed by atoms with Crippen molar-refractivity contribution in [2.75, 3.05) is 18.8 Å². The molecule has 4 N–H and O–H groups in total. The number of nitrogens with zero attached hydrogens (tertiary/aromatic N) is 2. The molecule has 0 unspecified atom stereocenters. The Morgan fingerprint density at radius 3 is 2.02 bits per heavy atom. The van der Waals surface area contributed by atoms with Gasteiger partial charge in [-0.3, -0.25) is 15.0 Å². The third kappa shape index (κ3) is 12.4. The van der Waals surface area contributed by atoms with Crippen LogP contribution in [0.15, 0.2) is 59.5 Å². The van der Waals surface area contributed by atoms with E-state index >= 15 is 0 Å². The van der Waals surface area contributed by atoms with Crippen LogP contribution < -0.4 is 10.2 Å². The van der Waals surface area contributed by atoms with Gasteiger partial charge in [-0.25, -0.2) is 23.5 Å². The van der Waals surface area contributed by atoms with Crippen LogP contribution in [0.1, 0.15) is 31.5 Å². The first kappa shape index (κ1) is 41.7. The number of ether oxygens (including phenoxy) is 1. The van der Waals surface area contributed by atoms with E-state index in [-0.39, 0.29) is 16.7 Å². The highest BCUT2D eigenvalue weighted by molar-refractivity contribution is 7.91. The van der Waals surface area contributed by atoms with E-state index in [1.165, 1.54) is 0 Å². The maximum atomic E-state index is 13.2. The van der Waals surface area contributed by atoms with E-state index in [1.54, 1.807) is 29.7 Å². The predicted octanol–water partition coefficient (Wildman–Crippen LogP) is 5.01. The van der Waals surface area contributed by atoms with Crippen molar-refractivity contribution in [2.24, 2.45) is 11.8 Å². The number of para-hydroxylation sites is 1. The second kappa shape index (κ2) is 17.4. The normalized spacial score (nSPS) is 16.8. The average molecular weight is 740 g/mol. The number of aryl methyl sites for hydroxylation is 1. The molecule has 0 aliphatic carbocycles. The molecule has 276 valence electrons. The van der Waals surface area contributed by atoms with Crippen LogP contribution in [-0.2, 0) is 30.8 Å². The molecule has 3 aromatic rings. The van der Waals surface area contributed by atoms with E-state index in [9.17, 15) is 39.6 Å². The zero-order chi connectivity index (χ0) is 38.0. The van der Waals surface area contributed by atoms with Gasteiger partial charge in [0.1, 0.15) is 12.4 Å². The molecule has 4 rings (SSSR count). The third-order valence-electron chi connectivity index (χ3n) is 7.37. The van der Waals surface area contributed by atoms with Crippen LogP contribution >= 0.6 is 0 Å². The van der Waals surface area contributed by atoms with Crippen LogP contribution in [0, 0.1) is 18.8 Å². The lowest BCUT2D eigenvalue weighted by Gasteiger charge is -2.39. The van der Waals surface area contributed by atoms with Crippen molar-refractivity contribution in [3.63, 3.8) is 0 Å². The number of aliphatic carboxylic acids is 2. The van der Waals surface area contributed by atoms with Gasteiger partial charge in [0, 0.05) is 35.1 Å². The fourth-order valence-corrected chi connectivity index (χ4v) is 6.57. The number of hydrogen-bond acceptors (Lipinski definition) is 9. The number of hydrogen-bond donors (Lipinski definition) is 4. The topological polar surface area (TPSA) is 183 Å². The second-order valence-corrected chi connectivity index (χ2v) is 13.3. The molecule has 0 spiro atoms. The zero-order valence-corrected chi connectivity index (χ0v) is 27.6. The summed E-state index contributed by atoms with van der Waals surface area (Å²) in [4.78, 5) is 36.9. The van der Waals surface area contributed by atoms with Gasteiger partial charge in [-0.1, -0.05) is 18.2 Å². The van der Waals surface area contributed by atoms with E-state index in [2.05, 4.69) is 9.88 Å². The highest BCUT2D eigenvalue weighted by Crippen LogP contribution is 2.29. The molecule has 50 heavy (non-hydrogen) atoms. The molecular weight excluding hydrogens is 704 g/mol. The molecule has 2 heterocycles. The Labute approximate surface area is 282 Å². The van der Waals surface area contributed by atoms with E-state index < -0.39 is 51.9 Å². The van der Waals surface area contributed by atoms with Crippen molar-refractivity contribution in [1.29, 1.82) is 0 Å². The number of benzene rings is 2. The number of hydroxylamine groups is 1. The molecule has 19 heteroatoms. The Hall–Kier alpha value is -4.49. The van der Waals surface area contributed by atoms with Crippen molar-refractivity contribution in [3.05, 3.63) is 65.9 Å². The quantitative estimate of drug-likeness (QED) is 0.138. The van der Waals surface area contributed by atoms with Crippen molar-refractivity contribution in [3.8, 4) is 5.75 Å². The molecule has 2 aromatic carbocycles. The van der Waals surface area contributed by atoms with Gasteiger partial charge in [0.05, 0.1) is 16.2 Å². The summed E-state index contributed by atoms with van der Waals surface area (Å²) in [6.45, 7) is 7.54. The van der Waals surface area contributed by atoms with Gasteiger partial charge in [-0.2, -0.15) is 26.3 Å². The number of aromatic nitrogens is 1. The zero-order valence-electron chi connectivity index (χ0n) is 26.8. The van der Waals surface area contributed by atoms with Crippen LogP contribution in [0.4, 0.5) is 26.3 Å². The molecule has 1 fully saturated rings. The Bertz CT molecular complexity index is 1710. The Morgan fingerprint density at radius 1 is 0.980 bits per heavy atom. The first-order valence-corrected chi connectivity index (χ1v) is 16.3. The number of carboxylic acid groups (broad SMARTS) is 2. The average Bonchev–Trinajstić information content (AvgIpc) is 3.02. The minimum Gasteiger partial charge on any atom is -0.489 e. The Morgan fingerprint density at radius 2 is 1.52 bits per heavy atom. The van der Waals surface area contributed by atoms with Gasteiger partial charge in [0.25, 0.3) is 0 Å². The van der Waals surface area contributed by atoms with Crippen LogP contribution in [0.3, 0.4) is 0 Å². The molecule has 1 saturated heterocycles. The first-order valence-electron chi connectivity index (χ1n) is 14.7. The molecule has 0 saturated carbocycles. The van der Waals surface area contributed by atoms with Gasteiger partial charge < -0.3 is 19.8 Å². The molecule has 2 atom stereocenters. The molecule has 1 aromatic heterocycles. The molecule has 1 aliphatic heterocycles. The van der Waals surface area contributed by atoms with Crippen LogP contribution in [0.2, 0.25) is 0 Å². The number of piperidine rings is 1. The van der Waals surface area contributed by atoms with Crippen LogP contribution in [-0.4, -0.2) is 88.8 Å². The lowest BCUT2D eigenvalue weighted by Crippen LogP contribution is -2.50. The molecule has 0 bridgehead atoms. The maximum absolute atomic E-state index is 13.2. The number of fused-ring (bicyclic) bond motifs is 1. The van der Waals surface area contributed by atoms with Crippen molar-refractivity contribution in [2.45, 2.75) is 57.1 Å². The van der Waals surface area contributed by atoms with Gasteiger partial charge in [-0.15, -0.1) is 0 Å². The molecule has 1 aliphatic rings. The number of carboxylic acids is 2. The lowest BCUT2D eigenvalue weighted by atomic mass is 9.85. The first-order chi connectivity index (χ1) is 23.1. The molecule has 0 radical (unpaired) electrons. The molecule has 12 nitrogen and oxygen atoms in total. The predicted molar refractivity (Wildman–Crippen MR) is 165 cm³/mol. The summed E-state index contributed by atoms with van der Waals surface area (Å²) in [6, 6.07) is 16.5. The number of nitrogens with one attached hydrogen (secondary N) is 1. The van der Waals surface area contributed by atoms with Gasteiger partial charge in [0.15, 0.2) is 9.84 Å². The fourth-order valence-electron chi connectivity index (χ4n) is 4.92. The Balaban J connectivity index is 0.000000521. The van der Waals surface area contributed by atoms with Gasteiger partial charge in [-0.05, 0) is 76.1 Å². The standard InChI is InChI=1S/C27H33N3O5S.2C2HF3O2/c1-18(2)30-13-12-25(27(31)29-32)21(15-30)17-36(33,34)23-10-8-22(9-11-23)35-16-20-14-19(3)28-26-7-5-4-6-24(20)26;2*3-2(4,5)1(6)7/h4-11,14,18,21,25,32H,12-13,15-17H2,1-3H3,(H,29,31);2*(H,6,7)/t21-,25+;;/m1../s1. The van der Waals surface area contributed by atoms with Crippen LogP contribution in [0.5, 0.6) is 5.75 Å². The number of amides is 1. The fraction of sp³-hybridized carbons (Fsp3) is 0.419. The van der Waals surface area contributed by atoms with E-state index in [4.69, 9.17) is 29.7 Å². The number of likely N-dealkylation sites (tertiary alicyclic amines) is 1. The largest absolute Gasteiger partial charge is 0.490 e. The third-order valence-corrected chi connectivity index (χ3v) is 9.23. The van der Waals surface area contributed by atoms with Crippen LogP contribution in [0.25, 0.3) is 10.9 Å². The number of alkyl halides is 6. The number of carbonyl (C=O) groups is 3. The number of sulfone groups is 1. The SMILES string of the molecule is Cc1cc(COc2ccc(S(=O)(=O)C[C@H]3CN(C(C)C)CC[C@@H]3C(=O)NO)cc2)c2ccccc2n1.O=C(O)C(F)(F)F.O=C(O)C(F)(F)F. The summed E-state index contributed by atoms with van der Waals surface area (Å²) >= 11 is 0. The molecular formula is C31H35F6N3O9S. The van der Waals surface area contributed by atoms with Gasteiger partial charge >= 0.3 is 24.3 Å². The smallest absolute Gasteiger partial charge is 0.489 e. The summed E-state index contributed by atoms with van der Waals surface area (Å²) < 4.78 is 95.9. The number of rotatable bonds is 8. The monoisotopic (exact) mass is 739 g/mol. The highest BCUT2D eigenvalue weighted by atomic mass is 32.2. The van der Waals surface area contributed by atoms with E-state index in [0.29, 0.717) is 31.9 Å². The maximum Gasteiger partial charge on any atom is 0.490 e. The van der Waals surface area contributed by atoms with Crippen molar-refractivity contribution < 1.29 is 69.3 Å². The minimum absolute atomic E-state index is 0.170. The summed E-state index contributed by atoms with van der Waals surface area (Å²) in [6.07, 6.45) is -9.67. The number of pyridine rings is 1. The summed E-state index contributed by atoms with van der Waals surface area (Å²) in [7, 11) is -3.65. The second-order valence-electron chi connectivity index (χ2n) is 11.3. The summed E-state index contributed by atoms with van der Waals surface area (Å²) in [5.41, 5.74) is 4.53. The van der Waals surface area contributed by atoms with Crippen molar-refractivity contribution in [1.82, 2.24) is 15.4 Å². The van der Waals surface area contributed by atoms with Crippen molar-refractivity contribution >= 4 is 38.6 Å². The van der Waals surface area contributed by atoms with E-state index in [0.717, 1.165) is 22.2 Å². The van der Waals surface area contributed by atoms with E-state index in [1.807, 2.05) is 51.1 Å². The summed E-state index contributed by atoms with van der Waals surface area (Å²) in [5, 5.41) is 24.4. The minimum atomic E-state index is -5.08. The number of carbonyl (C=O) groups excluding carboxylic acids is 1. The summed E-state index contributed by atoms with van der Waals surface area (Å²) in [5.74, 6) is -6.62.